The molecule has 2 rings (SSSR count). The summed E-state index contributed by atoms with van der Waals surface area (Å²) in [5, 5.41) is 0. The fraction of sp³-hybridized carbons (Fsp3) is 0.769. The molecule has 1 unspecified atom stereocenters. The first kappa shape index (κ1) is 23.8. The zero-order valence-corrected chi connectivity index (χ0v) is 19.2. The Balaban J connectivity index is 1.43. The van der Waals surface area contributed by atoms with Gasteiger partial charge in [-0.2, -0.15) is 0 Å². The second-order valence-electron chi connectivity index (χ2n) is 8.52. The van der Waals surface area contributed by atoms with Crippen molar-refractivity contribution in [2.24, 2.45) is 0 Å². The van der Waals surface area contributed by atoms with Crippen LogP contribution in [0.1, 0.15) is 109 Å². The average molecular weight is 405 g/mol. The van der Waals surface area contributed by atoms with E-state index in [0.29, 0.717) is 6.10 Å². The minimum atomic E-state index is 0.584. The van der Waals surface area contributed by atoms with E-state index < -0.39 is 0 Å². The summed E-state index contributed by atoms with van der Waals surface area (Å²) < 4.78 is 5.82. The lowest BCUT2D eigenvalue weighted by atomic mass is 10.0. The lowest BCUT2D eigenvalue weighted by Gasteiger charge is -2.22. The topological polar surface area (TPSA) is 9.23 Å². The molecule has 0 aliphatic carbocycles. The number of aryl methyl sites for hydroxylation is 1. The Labute approximate surface area is 179 Å². The van der Waals surface area contributed by atoms with Crippen molar-refractivity contribution < 1.29 is 4.74 Å². The maximum Gasteiger partial charge on any atom is 0.0575 e. The number of rotatable bonds is 16. The summed E-state index contributed by atoms with van der Waals surface area (Å²) in [5.74, 6) is 1.28. The first-order valence-electron chi connectivity index (χ1n) is 12.2. The highest BCUT2D eigenvalue weighted by Gasteiger charge is 2.12. The van der Waals surface area contributed by atoms with Gasteiger partial charge in [0, 0.05) is 11.5 Å². The second-order valence-corrected chi connectivity index (χ2v) is 9.66. The molecule has 2 heteroatoms. The predicted molar refractivity (Wildman–Crippen MR) is 126 cm³/mol. The van der Waals surface area contributed by atoms with Gasteiger partial charge in [-0.15, -0.1) is 11.8 Å². The average Bonchev–Trinajstić information content (AvgIpc) is 2.74. The van der Waals surface area contributed by atoms with Gasteiger partial charge in [0.1, 0.15) is 0 Å². The standard InChI is InChI=1S/C26H44OS/c1-2-3-4-10-17-24-18-12-13-21-26(24)28-23-16-9-7-5-6-8-11-19-25-20-14-15-22-27-25/h12-13,18,21,25H,2-11,14-17,19-20,22-23H2,1H3. The van der Waals surface area contributed by atoms with Gasteiger partial charge in [0.25, 0.3) is 0 Å². The minimum Gasteiger partial charge on any atom is -0.378 e. The van der Waals surface area contributed by atoms with Crippen molar-refractivity contribution in [3.05, 3.63) is 29.8 Å². The van der Waals surface area contributed by atoms with Crippen LogP contribution < -0.4 is 0 Å². The van der Waals surface area contributed by atoms with Crippen LogP contribution >= 0.6 is 11.8 Å². The van der Waals surface area contributed by atoms with Crippen LogP contribution in [-0.2, 0) is 11.2 Å². The van der Waals surface area contributed by atoms with E-state index in [9.17, 15) is 0 Å². The van der Waals surface area contributed by atoms with E-state index in [4.69, 9.17) is 4.74 Å². The number of thioether (sulfide) groups is 1. The van der Waals surface area contributed by atoms with E-state index >= 15 is 0 Å². The van der Waals surface area contributed by atoms with Crippen LogP contribution in [0.5, 0.6) is 0 Å². The van der Waals surface area contributed by atoms with Crippen molar-refractivity contribution in [1.29, 1.82) is 0 Å². The molecule has 28 heavy (non-hydrogen) atoms. The highest BCUT2D eigenvalue weighted by molar-refractivity contribution is 7.99. The van der Waals surface area contributed by atoms with Gasteiger partial charge in [-0.25, -0.2) is 0 Å². The molecule has 1 aliphatic heterocycles. The first-order valence-corrected chi connectivity index (χ1v) is 13.2. The Morgan fingerprint density at radius 1 is 0.857 bits per heavy atom. The third-order valence-corrected chi connectivity index (χ3v) is 7.18. The van der Waals surface area contributed by atoms with Crippen molar-refractivity contribution >= 4 is 11.8 Å². The molecule has 0 N–H and O–H groups in total. The molecule has 1 aromatic carbocycles. The van der Waals surface area contributed by atoms with E-state index in [2.05, 4.69) is 43.0 Å². The second kappa shape index (κ2) is 16.3. The summed E-state index contributed by atoms with van der Waals surface area (Å²) in [5.41, 5.74) is 1.57. The number of benzene rings is 1. The van der Waals surface area contributed by atoms with Crippen LogP contribution in [0, 0.1) is 0 Å². The van der Waals surface area contributed by atoms with E-state index in [1.165, 1.54) is 113 Å². The summed E-state index contributed by atoms with van der Waals surface area (Å²) in [4.78, 5) is 1.53. The third kappa shape index (κ3) is 10.9. The molecule has 160 valence electrons. The lowest BCUT2D eigenvalue weighted by molar-refractivity contribution is 0.00977. The van der Waals surface area contributed by atoms with E-state index in [-0.39, 0.29) is 0 Å². The molecule has 1 atom stereocenters. The summed E-state index contributed by atoms with van der Waals surface area (Å²) in [6, 6.07) is 9.08. The fourth-order valence-electron chi connectivity index (χ4n) is 4.17. The summed E-state index contributed by atoms with van der Waals surface area (Å²) in [6.45, 7) is 3.29. The molecule has 0 aromatic heterocycles. The van der Waals surface area contributed by atoms with Crippen molar-refractivity contribution in [3.8, 4) is 0 Å². The predicted octanol–water partition coefficient (Wildman–Crippen LogP) is 8.59. The van der Waals surface area contributed by atoms with Crippen LogP contribution in [-0.4, -0.2) is 18.5 Å². The quantitative estimate of drug-likeness (QED) is 0.201. The highest BCUT2D eigenvalue weighted by Crippen LogP contribution is 2.26. The maximum absolute atomic E-state index is 5.82. The fourth-order valence-corrected chi connectivity index (χ4v) is 5.27. The van der Waals surface area contributed by atoms with E-state index in [1.807, 2.05) is 0 Å². The van der Waals surface area contributed by atoms with Crippen molar-refractivity contribution in [1.82, 2.24) is 0 Å². The van der Waals surface area contributed by atoms with Crippen LogP contribution in [0.2, 0.25) is 0 Å². The SMILES string of the molecule is CCCCCCc1ccccc1SCCCCCCCCCC1CCCCO1. The zero-order chi connectivity index (χ0) is 19.7. The molecule has 0 saturated carbocycles. The smallest absolute Gasteiger partial charge is 0.0575 e. The molecule has 1 aliphatic rings. The maximum atomic E-state index is 5.82. The molecular weight excluding hydrogens is 360 g/mol. The molecule has 1 saturated heterocycles. The largest absolute Gasteiger partial charge is 0.378 e. The van der Waals surface area contributed by atoms with E-state index in [0.717, 1.165) is 6.61 Å². The van der Waals surface area contributed by atoms with Gasteiger partial charge in [0.05, 0.1) is 6.10 Å². The van der Waals surface area contributed by atoms with Gasteiger partial charge in [0.2, 0.25) is 0 Å². The molecule has 0 radical (unpaired) electrons. The summed E-state index contributed by atoms with van der Waals surface area (Å²) in [7, 11) is 0. The molecule has 0 spiro atoms. The molecule has 1 fully saturated rings. The van der Waals surface area contributed by atoms with Crippen LogP contribution in [0.15, 0.2) is 29.2 Å². The highest BCUT2D eigenvalue weighted by atomic mass is 32.2. The van der Waals surface area contributed by atoms with Gasteiger partial charge in [-0.1, -0.05) is 82.9 Å². The van der Waals surface area contributed by atoms with E-state index in [1.54, 1.807) is 5.56 Å². The molecule has 1 aromatic rings. The Morgan fingerprint density at radius 2 is 1.61 bits per heavy atom. The number of hydrogen-bond acceptors (Lipinski definition) is 2. The molecule has 0 bridgehead atoms. The Hall–Kier alpha value is -0.470. The van der Waals surface area contributed by atoms with Gasteiger partial charge < -0.3 is 4.74 Å². The number of unbranched alkanes of at least 4 members (excludes halogenated alkanes) is 9. The van der Waals surface area contributed by atoms with Gasteiger partial charge in [-0.3, -0.25) is 0 Å². The van der Waals surface area contributed by atoms with Crippen molar-refractivity contribution in [2.75, 3.05) is 12.4 Å². The molecular formula is C26H44OS. The molecule has 1 nitrogen and oxygen atoms in total. The Morgan fingerprint density at radius 3 is 2.39 bits per heavy atom. The van der Waals surface area contributed by atoms with Gasteiger partial charge in [0.15, 0.2) is 0 Å². The van der Waals surface area contributed by atoms with Crippen molar-refractivity contribution in [3.63, 3.8) is 0 Å². The first-order chi connectivity index (χ1) is 13.9. The normalized spacial score (nSPS) is 17.1. The van der Waals surface area contributed by atoms with Gasteiger partial charge in [-0.05, 0) is 62.3 Å². The monoisotopic (exact) mass is 404 g/mol. The lowest BCUT2D eigenvalue weighted by Crippen LogP contribution is -2.18. The van der Waals surface area contributed by atoms with Crippen LogP contribution in [0.3, 0.4) is 0 Å². The van der Waals surface area contributed by atoms with Gasteiger partial charge >= 0.3 is 0 Å². The Bertz CT molecular complexity index is 481. The molecule has 0 amide bonds. The minimum absolute atomic E-state index is 0.584. The zero-order valence-electron chi connectivity index (χ0n) is 18.4. The number of hydrogen-bond donors (Lipinski definition) is 0. The summed E-state index contributed by atoms with van der Waals surface area (Å²) >= 11 is 2.08. The Kier molecular flexibility index (Phi) is 13.9. The van der Waals surface area contributed by atoms with Crippen LogP contribution in [0.4, 0.5) is 0 Å². The van der Waals surface area contributed by atoms with Crippen LogP contribution in [0.25, 0.3) is 0 Å². The van der Waals surface area contributed by atoms with Crippen molar-refractivity contribution in [2.45, 2.75) is 121 Å². The number of ether oxygens (including phenoxy) is 1. The molecule has 1 heterocycles. The third-order valence-electron chi connectivity index (χ3n) is 5.97. The summed E-state index contributed by atoms with van der Waals surface area (Å²) in [6.07, 6.45) is 22.3.